The van der Waals surface area contributed by atoms with Gasteiger partial charge in [0, 0.05) is 0 Å². The number of benzene rings is 1. The predicted molar refractivity (Wildman–Crippen MR) is 41.1 cm³/mol. The van der Waals surface area contributed by atoms with Crippen molar-refractivity contribution in [3.05, 3.63) is 29.8 Å². The quantitative estimate of drug-likeness (QED) is 0.580. The highest BCUT2D eigenvalue weighted by atomic mass is 19.1. The van der Waals surface area contributed by atoms with Crippen molar-refractivity contribution in [2.24, 2.45) is 0 Å². The minimum Gasteiger partial charge on any atom is -0.423 e. The van der Waals surface area contributed by atoms with Crippen molar-refractivity contribution in [2.75, 3.05) is 0 Å². The maximum Gasteiger partial charge on any atom is 0.488 e. The van der Waals surface area contributed by atoms with Gasteiger partial charge in [-0.3, -0.25) is 0 Å². The summed E-state index contributed by atoms with van der Waals surface area (Å²) in [4.78, 5) is 0. The van der Waals surface area contributed by atoms with Crippen LogP contribution in [0, 0.1) is 0 Å². The van der Waals surface area contributed by atoms with Crippen molar-refractivity contribution in [1.29, 1.82) is 0 Å². The van der Waals surface area contributed by atoms with Crippen LogP contribution in [-0.4, -0.2) is 17.2 Å². The van der Waals surface area contributed by atoms with Crippen LogP contribution in [-0.2, 0) is 6.67 Å². The second-order valence-corrected chi connectivity index (χ2v) is 2.25. The molecule has 1 rings (SSSR count). The van der Waals surface area contributed by atoms with Crippen molar-refractivity contribution in [1.82, 2.24) is 0 Å². The zero-order chi connectivity index (χ0) is 8.27. The Bertz CT molecular complexity index is 222. The Morgan fingerprint density at radius 2 is 1.73 bits per heavy atom. The van der Waals surface area contributed by atoms with Gasteiger partial charge in [0.1, 0.15) is 6.67 Å². The van der Waals surface area contributed by atoms with E-state index in [1.54, 1.807) is 0 Å². The van der Waals surface area contributed by atoms with Crippen LogP contribution in [0.4, 0.5) is 4.39 Å². The molecule has 0 aliphatic heterocycles. The minimum absolute atomic E-state index is 0.377. The molecular weight excluding hydrogens is 146 g/mol. The Labute approximate surface area is 64.4 Å². The van der Waals surface area contributed by atoms with Gasteiger partial charge in [-0.1, -0.05) is 24.3 Å². The lowest BCUT2D eigenvalue weighted by molar-refractivity contribution is 0.425. The molecule has 1 aromatic carbocycles. The fraction of sp³-hybridized carbons (Fsp3) is 0.143. The highest BCUT2D eigenvalue weighted by Gasteiger charge is 2.08. The third kappa shape index (κ3) is 2.03. The van der Waals surface area contributed by atoms with E-state index in [-0.39, 0.29) is 0 Å². The maximum atomic E-state index is 11.9. The molecule has 0 aromatic heterocycles. The number of rotatable bonds is 2. The highest BCUT2D eigenvalue weighted by Crippen LogP contribution is 1.98. The minimum atomic E-state index is -1.47. The lowest BCUT2D eigenvalue weighted by Crippen LogP contribution is -2.29. The fourth-order valence-corrected chi connectivity index (χ4v) is 0.779. The van der Waals surface area contributed by atoms with E-state index in [9.17, 15) is 4.39 Å². The summed E-state index contributed by atoms with van der Waals surface area (Å²) in [5.41, 5.74) is 0.914. The van der Waals surface area contributed by atoms with Crippen molar-refractivity contribution in [3.63, 3.8) is 0 Å². The smallest absolute Gasteiger partial charge is 0.423 e. The lowest BCUT2D eigenvalue weighted by atomic mass is 9.80. The molecule has 58 valence electrons. The summed E-state index contributed by atoms with van der Waals surface area (Å²) in [5.74, 6) is 0. The third-order valence-electron chi connectivity index (χ3n) is 1.43. The van der Waals surface area contributed by atoms with E-state index in [1.807, 2.05) is 0 Å². The molecule has 0 amide bonds. The first-order valence-corrected chi connectivity index (χ1v) is 3.25. The molecule has 0 fully saturated rings. The average molecular weight is 154 g/mol. The molecule has 0 atom stereocenters. The van der Waals surface area contributed by atoms with Gasteiger partial charge in [-0.2, -0.15) is 0 Å². The topological polar surface area (TPSA) is 40.5 Å². The van der Waals surface area contributed by atoms with E-state index in [2.05, 4.69) is 0 Å². The molecule has 2 N–H and O–H groups in total. The Hall–Kier alpha value is -0.865. The van der Waals surface area contributed by atoms with Crippen LogP contribution in [0.15, 0.2) is 24.3 Å². The van der Waals surface area contributed by atoms with Crippen LogP contribution in [0.5, 0.6) is 0 Å². The molecule has 0 saturated heterocycles. The van der Waals surface area contributed by atoms with Gasteiger partial charge in [0.25, 0.3) is 0 Å². The molecule has 0 aliphatic carbocycles. The van der Waals surface area contributed by atoms with Crippen LogP contribution in [0.3, 0.4) is 0 Å². The molecule has 11 heavy (non-hydrogen) atoms. The molecule has 1 aromatic rings. The first kappa shape index (κ1) is 8.23. The molecule has 2 nitrogen and oxygen atoms in total. The second-order valence-electron chi connectivity index (χ2n) is 2.25. The lowest BCUT2D eigenvalue weighted by Gasteiger charge is -1.98. The molecule has 0 radical (unpaired) electrons. The standard InChI is InChI=1S/C7H8BFO2/c9-5-6-1-3-7(4-2-6)8(10)11/h1-4,10-11H,5H2. The Balaban J connectivity index is 2.83. The monoisotopic (exact) mass is 154 g/mol. The number of hydrogen-bond acceptors (Lipinski definition) is 2. The van der Waals surface area contributed by atoms with E-state index in [0.29, 0.717) is 11.0 Å². The van der Waals surface area contributed by atoms with Crippen molar-refractivity contribution < 1.29 is 14.4 Å². The van der Waals surface area contributed by atoms with Gasteiger partial charge in [0.05, 0.1) is 0 Å². The molecule has 0 saturated carbocycles. The Morgan fingerprint density at radius 3 is 2.09 bits per heavy atom. The number of alkyl halides is 1. The van der Waals surface area contributed by atoms with Gasteiger partial charge in [0.2, 0.25) is 0 Å². The average Bonchev–Trinajstić information content (AvgIpc) is 2.05. The number of halogens is 1. The van der Waals surface area contributed by atoms with Gasteiger partial charge in [-0.25, -0.2) is 4.39 Å². The summed E-state index contributed by atoms with van der Waals surface area (Å²) < 4.78 is 11.9. The van der Waals surface area contributed by atoms with Gasteiger partial charge in [-0.05, 0) is 11.0 Å². The largest absolute Gasteiger partial charge is 0.488 e. The van der Waals surface area contributed by atoms with E-state index >= 15 is 0 Å². The zero-order valence-corrected chi connectivity index (χ0v) is 5.87. The molecular formula is C7H8BFO2. The number of hydrogen-bond donors (Lipinski definition) is 2. The predicted octanol–water partition coefficient (Wildman–Crippen LogP) is -0.164. The summed E-state index contributed by atoms with van der Waals surface area (Å²) in [6.45, 7) is -0.526. The van der Waals surface area contributed by atoms with Crippen LogP contribution in [0.2, 0.25) is 0 Å². The van der Waals surface area contributed by atoms with E-state index in [1.165, 1.54) is 24.3 Å². The van der Waals surface area contributed by atoms with Gasteiger partial charge in [-0.15, -0.1) is 0 Å². The van der Waals surface area contributed by atoms with Crippen LogP contribution in [0.1, 0.15) is 5.56 Å². The van der Waals surface area contributed by atoms with Crippen LogP contribution >= 0.6 is 0 Å². The first-order chi connectivity index (χ1) is 5.24. The van der Waals surface area contributed by atoms with Gasteiger partial charge >= 0.3 is 7.12 Å². The highest BCUT2D eigenvalue weighted by molar-refractivity contribution is 6.58. The fourth-order valence-electron chi connectivity index (χ4n) is 0.779. The maximum absolute atomic E-state index is 11.9. The molecule has 0 bridgehead atoms. The Kier molecular flexibility index (Phi) is 2.62. The van der Waals surface area contributed by atoms with Gasteiger partial charge in [0.15, 0.2) is 0 Å². The summed E-state index contributed by atoms with van der Waals surface area (Å²) in [5, 5.41) is 17.3. The van der Waals surface area contributed by atoms with E-state index in [0.717, 1.165) is 0 Å². The van der Waals surface area contributed by atoms with Crippen molar-refractivity contribution >= 4 is 12.6 Å². The molecule has 0 heterocycles. The van der Waals surface area contributed by atoms with Crippen molar-refractivity contribution in [2.45, 2.75) is 6.67 Å². The van der Waals surface area contributed by atoms with Crippen LogP contribution < -0.4 is 5.46 Å². The molecule has 4 heteroatoms. The summed E-state index contributed by atoms with van der Waals surface area (Å²) >= 11 is 0. The third-order valence-corrected chi connectivity index (χ3v) is 1.43. The zero-order valence-electron chi connectivity index (χ0n) is 5.87. The second kappa shape index (κ2) is 3.50. The van der Waals surface area contributed by atoms with E-state index < -0.39 is 13.8 Å². The van der Waals surface area contributed by atoms with Crippen molar-refractivity contribution in [3.8, 4) is 0 Å². The summed E-state index contributed by atoms with van der Waals surface area (Å²) in [6, 6.07) is 6.02. The van der Waals surface area contributed by atoms with Crippen LogP contribution in [0.25, 0.3) is 0 Å². The molecule has 0 spiro atoms. The summed E-state index contributed by atoms with van der Waals surface area (Å²) in [7, 11) is -1.47. The molecule has 0 unspecified atom stereocenters. The first-order valence-electron chi connectivity index (χ1n) is 3.25. The summed E-state index contributed by atoms with van der Waals surface area (Å²) in [6.07, 6.45) is 0. The SMILES string of the molecule is OB(O)c1ccc(CF)cc1. The Morgan fingerprint density at radius 1 is 1.18 bits per heavy atom. The normalized spacial score (nSPS) is 9.73. The van der Waals surface area contributed by atoms with Gasteiger partial charge < -0.3 is 10.0 Å². The molecule has 0 aliphatic rings. The van der Waals surface area contributed by atoms with E-state index in [4.69, 9.17) is 10.0 Å².